The first-order chi connectivity index (χ1) is 15.6. The highest BCUT2D eigenvalue weighted by Crippen LogP contribution is 2.21. The van der Waals surface area contributed by atoms with Crippen LogP contribution in [-0.4, -0.2) is 60.8 Å². The third-order valence-electron chi connectivity index (χ3n) is 5.64. The number of benzene rings is 2. The summed E-state index contributed by atoms with van der Waals surface area (Å²) >= 11 is 0. The van der Waals surface area contributed by atoms with Crippen molar-refractivity contribution in [2.45, 2.75) is 13.3 Å². The standard InChI is InChI=1S/C25H29N5O2/c1-3-19-4-10-22(11-5-19)32-18-25(31)26-21-8-6-20(7-9-21)23-12-13-24(28-27-23)30-16-14-29(2)15-17-30/h4-13H,3,14-18H2,1-2H3,(H,26,31). The van der Waals surface area contributed by atoms with Crippen molar-refractivity contribution in [3.05, 3.63) is 66.2 Å². The smallest absolute Gasteiger partial charge is 0.262 e. The Morgan fingerprint density at radius 2 is 1.66 bits per heavy atom. The SMILES string of the molecule is CCc1ccc(OCC(=O)Nc2ccc(-c3ccc(N4CCN(C)CC4)nn3)cc2)cc1. The number of hydrogen-bond donors (Lipinski definition) is 1. The summed E-state index contributed by atoms with van der Waals surface area (Å²) < 4.78 is 5.56. The fourth-order valence-corrected chi connectivity index (χ4v) is 3.58. The number of hydrogen-bond acceptors (Lipinski definition) is 6. The van der Waals surface area contributed by atoms with Gasteiger partial charge >= 0.3 is 0 Å². The number of aromatic nitrogens is 2. The van der Waals surface area contributed by atoms with Crippen LogP contribution in [0.1, 0.15) is 12.5 Å². The van der Waals surface area contributed by atoms with Crippen LogP contribution < -0.4 is 15.0 Å². The number of carbonyl (C=O) groups excluding carboxylic acids is 1. The summed E-state index contributed by atoms with van der Waals surface area (Å²) in [6, 6.07) is 19.4. The predicted molar refractivity (Wildman–Crippen MR) is 127 cm³/mol. The Morgan fingerprint density at radius 3 is 2.28 bits per heavy atom. The fraction of sp³-hybridized carbons (Fsp3) is 0.320. The Morgan fingerprint density at radius 1 is 0.938 bits per heavy atom. The lowest BCUT2D eigenvalue weighted by Crippen LogP contribution is -2.44. The van der Waals surface area contributed by atoms with Gasteiger partial charge in [-0.3, -0.25) is 4.79 Å². The Kier molecular flexibility index (Phi) is 6.97. The van der Waals surface area contributed by atoms with E-state index in [0.29, 0.717) is 11.4 Å². The predicted octanol–water partition coefficient (Wildman–Crippen LogP) is 3.48. The highest BCUT2D eigenvalue weighted by atomic mass is 16.5. The van der Waals surface area contributed by atoms with Crippen molar-refractivity contribution >= 4 is 17.4 Å². The van der Waals surface area contributed by atoms with Gasteiger partial charge in [0, 0.05) is 37.4 Å². The zero-order valence-electron chi connectivity index (χ0n) is 18.6. The maximum atomic E-state index is 12.2. The van der Waals surface area contributed by atoms with Crippen molar-refractivity contribution in [3.8, 4) is 17.0 Å². The summed E-state index contributed by atoms with van der Waals surface area (Å²) in [5.74, 6) is 1.40. The molecule has 1 aliphatic heterocycles. The zero-order valence-corrected chi connectivity index (χ0v) is 18.6. The molecule has 1 aromatic heterocycles. The number of ether oxygens (including phenoxy) is 1. The van der Waals surface area contributed by atoms with E-state index in [9.17, 15) is 4.79 Å². The zero-order chi connectivity index (χ0) is 22.3. The van der Waals surface area contributed by atoms with E-state index in [1.54, 1.807) is 0 Å². The number of carbonyl (C=O) groups is 1. The van der Waals surface area contributed by atoms with Gasteiger partial charge in [0.1, 0.15) is 5.75 Å². The van der Waals surface area contributed by atoms with Crippen LogP contribution in [0.5, 0.6) is 5.75 Å². The molecule has 2 heterocycles. The molecule has 32 heavy (non-hydrogen) atoms. The Balaban J connectivity index is 1.30. The first kappa shape index (κ1) is 21.8. The monoisotopic (exact) mass is 431 g/mol. The second-order valence-corrected chi connectivity index (χ2v) is 7.98. The minimum atomic E-state index is -0.200. The van der Waals surface area contributed by atoms with Gasteiger partial charge in [0.25, 0.3) is 5.91 Å². The highest BCUT2D eigenvalue weighted by molar-refractivity contribution is 5.92. The summed E-state index contributed by atoms with van der Waals surface area (Å²) in [5.41, 5.74) is 3.71. The van der Waals surface area contributed by atoms with Crippen molar-refractivity contribution in [2.75, 3.05) is 50.1 Å². The molecule has 3 aromatic rings. The molecule has 0 spiro atoms. The molecule has 0 saturated carbocycles. The molecule has 0 atom stereocenters. The molecule has 7 heteroatoms. The highest BCUT2D eigenvalue weighted by Gasteiger charge is 2.15. The maximum absolute atomic E-state index is 12.2. The largest absolute Gasteiger partial charge is 0.484 e. The first-order valence-corrected chi connectivity index (χ1v) is 11.0. The third-order valence-corrected chi connectivity index (χ3v) is 5.64. The second-order valence-electron chi connectivity index (χ2n) is 7.98. The molecular formula is C25H29N5O2. The molecule has 0 bridgehead atoms. The fourth-order valence-electron chi connectivity index (χ4n) is 3.58. The second kappa shape index (κ2) is 10.2. The molecule has 0 aliphatic carbocycles. The minimum Gasteiger partial charge on any atom is -0.484 e. The Labute approximate surface area is 189 Å². The van der Waals surface area contributed by atoms with Crippen LogP contribution in [0.2, 0.25) is 0 Å². The Bertz CT molecular complexity index is 1010. The van der Waals surface area contributed by atoms with E-state index >= 15 is 0 Å². The van der Waals surface area contributed by atoms with Gasteiger partial charge in [-0.1, -0.05) is 31.2 Å². The molecule has 1 fully saturated rings. The van der Waals surface area contributed by atoms with Crippen LogP contribution in [0.3, 0.4) is 0 Å². The Hall–Kier alpha value is -3.45. The minimum absolute atomic E-state index is 0.0353. The van der Waals surface area contributed by atoms with Gasteiger partial charge < -0.3 is 19.9 Å². The molecule has 2 aromatic carbocycles. The summed E-state index contributed by atoms with van der Waals surface area (Å²) in [6.45, 7) is 6.07. The number of likely N-dealkylation sites (N-methyl/N-ethyl adjacent to an activating group) is 1. The van der Waals surface area contributed by atoms with Crippen LogP contribution in [0.25, 0.3) is 11.3 Å². The van der Waals surface area contributed by atoms with Crippen LogP contribution >= 0.6 is 0 Å². The lowest BCUT2D eigenvalue weighted by atomic mass is 10.1. The summed E-state index contributed by atoms with van der Waals surface area (Å²) in [6.07, 6.45) is 0.975. The van der Waals surface area contributed by atoms with Gasteiger partial charge in [-0.25, -0.2) is 0 Å². The summed E-state index contributed by atoms with van der Waals surface area (Å²) in [4.78, 5) is 16.8. The molecule has 0 radical (unpaired) electrons. The van der Waals surface area contributed by atoms with Crippen molar-refractivity contribution in [2.24, 2.45) is 0 Å². The number of nitrogens with one attached hydrogen (secondary N) is 1. The van der Waals surface area contributed by atoms with E-state index in [-0.39, 0.29) is 12.5 Å². The van der Waals surface area contributed by atoms with Crippen LogP contribution in [-0.2, 0) is 11.2 Å². The molecule has 1 N–H and O–H groups in total. The molecule has 7 nitrogen and oxygen atoms in total. The van der Waals surface area contributed by atoms with Gasteiger partial charge in [0.15, 0.2) is 12.4 Å². The molecule has 1 aliphatic rings. The summed E-state index contributed by atoms with van der Waals surface area (Å²) in [7, 11) is 2.14. The van der Waals surface area contributed by atoms with Gasteiger partial charge in [-0.05, 0) is 55.4 Å². The number of rotatable bonds is 7. The van der Waals surface area contributed by atoms with Gasteiger partial charge in [-0.15, -0.1) is 10.2 Å². The van der Waals surface area contributed by atoms with E-state index in [1.807, 2.05) is 60.7 Å². The molecule has 1 amide bonds. The van der Waals surface area contributed by atoms with E-state index in [2.05, 4.69) is 39.3 Å². The third kappa shape index (κ3) is 5.62. The average Bonchev–Trinajstić information content (AvgIpc) is 2.84. The quantitative estimate of drug-likeness (QED) is 0.618. The van der Waals surface area contributed by atoms with E-state index in [4.69, 9.17) is 4.74 Å². The van der Waals surface area contributed by atoms with Crippen molar-refractivity contribution in [1.82, 2.24) is 15.1 Å². The van der Waals surface area contributed by atoms with Crippen molar-refractivity contribution in [3.63, 3.8) is 0 Å². The van der Waals surface area contributed by atoms with Crippen LogP contribution in [0, 0.1) is 0 Å². The topological polar surface area (TPSA) is 70.6 Å². The first-order valence-electron chi connectivity index (χ1n) is 11.0. The number of anilines is 2. The lowest BCUT2D eigenvalue weighted by molar-refractivity contribution is -0.118. The average molecular weight is 432 g/mol. The summed E-state index contributed by atoms with van der Waals surface area (Å²) in [5, 5.41) is 11.7. The van der Waals surface area contributed by atoms with Crippen molar-refractivity contribution in [1.29, 1.82) is 0 Å². The number of nitrogens with zero attached hydrogens (tertiary/aromatic N) is 4. The van der Waals surface area contributed by atoms with Crippen molar-refractivity contribution < 1.29 is 9.53 Å². The van der Waals surface area contributed by atoms with Gasteiger partial charge in [0.05, 0.1) is 5.69 Å². The molecule has 166 valence electrons. The number of aryl methyl sites for hydroxylation is 1. The normalized spacial score (nSPS) is 14.2. The van der Waals surface area contributed by atoms with E-state index in [1.165, 1.54) is 5.56 Å². The van der Waals surface area contributed by atoms with Crippen LogP contribution in [0.15, 0.2) is 60.7 Å². The number of amides is 1. The molecule has 1 saturated heterocycles. The van der Waals surface area contributed by atoms with E-state index < -0.39 is 0 Å². The molecular weight excluding hydrogens is 402 g/mol. The van der Waals surface area contributed by atoms with E-state index in [0.717, 1.165) is 49.7 Å². The molecule has 4 rings (SSSR count). The lowest BCUT2D eigenvalue weighted by Gasteiger charge is -2.32. The van der Waals surface area contributed by atoms with Gasteiger partial charge in [-0.2, -0.15) is 0 Å². The number of piperazine rings is 1. The van der Waals surface area contributed by atoms with Crippen LogP contribution in [0.4, 0.5) is 11.5 Å². The molecule has 0 unspecified atom stereocenters. The maximum Gasteiger partial charge on any atom is 0.262 e. The van der Waals surface area contributed by atoms with Gasteiger partial charge in [0.2, 0.25) is 0 Å².